The van der Waals surface area contributed by atoms with Gasteiger partial charge in [0.2, 0.25) is 10.0 Å². The van der Waals surface area contributed by atoms with Gasteiger partial charge in [-0.05, 0) is 43.3 Å². The summed E-state index contributed by atoms with van der Waals surface area (Å²) in [4.78, 5) is 0.0762. The van der Waals surface area contributed by atoms with Crippen molar-refractivity contribution in [2.24, 2.45) is 0 Å². The molecule has 1 aromatic heterocycles. The van der Waals surface area contributed by atoms with Gasteiger partial charge in [-0.1, -0.05) is 29.8 Å². The first-order valence-corrected chi connectivity index (χ1v) is 9.11. The number of sulfonamides is 1. The van der Waals surface area contributed by atoms with E-state index in [-0.39, 0.29) is 11.4 Å². The van der Waals surface area contributed by atoms with Crippen molar-refractivity contribution in [2.45, 2.75) is 17.4 Å². The van der Waals surface area contributed by atoms with Crippen molar-refractivity contribution in [3.05, 3.63) is 65.4 Å². The second-order valence-electron chi connectivity index (χ2n) is 5.70. The lowest BCUT2D eigenvalue weighted by atomic mass is 10.0. The fourth-order valence-electron chi connectivity index (χ4n) is 2.27. The standard InChI is InChI=1S/C17H16ClNO4S/c1-17(20,16-10-12-4-2-3-5-15(12)23-16)11-19-24(21,22)14-8-6-13(18)7-9-14/h2-10,19-20H,11H2,1H3. The molecule has 0 aliphatic carbocycles. The highest BCUT2D eigenvalue weighted by Gasteiger charge is 2.29. The third-order valence-electron chi connectivity index (χ3n) is 3.69. The lowest BCUT2D eigenvalue weighted by Gasteiger charge is -2.21. The smallest absolute Gasteiger partial charge is 0.240 e. The Morgan fingerprint density at radius 2 is 1.83 bits per heavy atom. The Hall–Kier alpha value is -1.86. The van der Waals surface area contributed by atoms with E-state index in [1.165, 1.54) is 31.2 Å². The molecule has 0 bridgehead atoms. The summed E-state index contributed by atoms with van der Waals surface area (Å²) in [5.41, 5.74) is -0.855. The number of nitrogens with one attached hydrogen (secondary N) is 1. The number of fused-ring (bicyclic) bond motifs is 1. The Bertz CT molecular complexity index is 929. The second-order valence-corrected chi connectivity index (χ2v) is 7.90. The van der Waals surface area contributed by atoms with Crippen LogP contribution in [0.4, 0.5) is 0 Å². The van der Waals surface area contributed by atoms with Crippen LogP contribution in [0.1, 0.15) is 12.7 Å². The Morgan fingerprint density at radius 1 is 1.17 bits per heavy atom. The molecule has 3 aromatic rings. The van der Waals surface area contributed by atoms with Crippen LogP contribution >= 0.6 is 11.6 Å². The average Bonchev–Trinajstić information content (AvgIpc) is 2.99. The molecule has 1 unspecified atom stereocenters. The molecular weight excluding hydrogens is 350 g/mol. The van der Waals surface area contributed by atoms with E-state index >= 15 is 0 Å². The molecule has 3 rings (SSSR count). The topological polar surface area (TPSA) is 79.5 Å². The van der Waals surface area contributed by atoms with Crippen LogP contribution in [0.3, 0.4) is 0 Å². The largest absolute Gasteiger partial charge is 0.458 e. The summed E-state index contributed by atoms with van der Waals surface area (Å²) in [6, 6.07) is 14.8. The second kappa shape index (κ2) is 6.22. The van der Waals surface area contributed by atoms with Crippen molar-refractivity contribution in [3.8, 4) is 0 Å². The van der Waals surface area contributed by atoms with Gasteiger partial charge < -0.3 is 9.52 Å². The first-order valence-electron chi connectivity index (χ1n) is 7.25. The van der Waals surface area contributed by atoms with Crippen LogP contribution in [-0.4, -0.2) is 20.1 Å². The first kappa shape index (κ1) is 17.0. The number of hydrogen-bond acceptors (Lipinski definition) is 4. The lowest BCUT2D eigenvalue weighted by Crippen LogP contribution is -2.38. The van der Waals surface area contributed by atoms with E-state index < -0.39 is 15.6 Å². The maximum absolute atomic E-state index is 12.3. The summed E-state index contributed by atoms with van der Waals surface area (Å²) in [7, 11) is -3.76. The highest BCUT2D eigenvalue weighted by Crippen LogP contribution is 2.28. The van der Waals surface area contributed by atoms with Gasteiger partial charge in [0.05, 0.1) is 4.90 Å². The van der Waals surface area contributed by atoms with Crippen LogP contribution in [0.15, 0.2) is 63.9 Å². The van der Waals surface area contributed by atoms with Gasteiger partial charge in [0, 0.05) is 17.0 Å². The Morgan fingerprint density at radius 3 is 2.50 bits per heavy atom. The Labute approximate surface area is 144 Å². The predicted molar refractivity (Wildman–Crippen MR) is 92.4 cm³/mol. The van der Waals surface area contributed by atoms with Gasteiger partial charge in [-0.2, -0.15) is 0 Å². The first-order chi connectivity index (χ1) is 11.3. The molecule has 126 valence electrons. The van der Waals surface area contributed by atoms with E-state index in [0.717, 1.165) is 5.39 Å². The van der Waals surface area contributed by atoms with Gasteiger partial charge >= 0.3 is 0 Å². The highest BCUT2D eigenvalue weighted by molar-refractivity contribution is 7.89. The maximum Gasteiger partial charge on any atom is 0.240 e. The minimum absolute atomic E-state index is 0.0762. The summed E-state index contributed by atoms with van der Waals surface area (Å²) in [5, 5.41) is 11.9. The van der Waals surface area contributed by atoms with Crippen molar-refractivity contribution < 1.29 is 17.9 Å². The Kier molecular flexibility index (Phi) is 4.40. The van der Waals surface area contributed by atoms with Gasteiger partial charge in [0.1, 0.15) is 16.9 Å². The molecule has 0 saturated carbocycles. The number of aliphatic hydroxyl groups is 1. The molecule has 0 saturated heterocycles. The molecule has 0 aliphatic heterocycles. The van der Waals surface area contributed by atoms with E-state index in [0.29, 0.717) is 16.4 Å². The normalized spacial score (nSPS) is 14.6. The molecule has 0 amide bonds. The maximum atomic E-state index is 12.3. The monoisotopic (exact) mass is 365 g/mol. The molecule has 7 heteroatoms. The molecule has 0 spiro atoms. The van der Waals surface area contributed by atoms with Crippen LogP contribution in [-0.2, 0) is 15.6 Å². The number of para-hydroxylation sites is 1. The summed E-state index contributed by atoms with van der Waals surface area (Å²) >= 11 is 5.76. The van der Waals surface area contributed by atoms with Crippen LogP contribution in [0.2, 0.25) is 5.02 Å². The summed E-state index contributed by atoms with van der Waals surface area (Å²) < 4.78 is 32.6. The summed E-state index contributed by atoms with van der Waals surface area (Å²) in [6.45, 7) is 1.27. The Balaban J connectivity index is 1.80. The van der Waals surface area contributed by atoms with E-state index in [1.54, 1.807) is 12.1 Å². The van der Waals surface area contributed by atoms with Crippen LogP contribution in [0, 0.1) is 0 Å². The van der Waals surface area contributed by atoms with Crippen LogP contribution < -0.4 is 4.72 Å². The van der Waals surface area contributed by atoms with Gasteiger partial charge in [-0.3, -0.25) is 0 Å². The van der Waals surface area contributed by atoms with Crippen LogP contribution in [0.25, 0.3) is 11.0 Å². The zero-order valence-corrected chi connectivity index (χ0v) is 14.4. The lowest BCUT2D eigenvalue weighted by molar-refractivity contribution is 0.0412. The average molecular weight is 366 g/mol. The molecule has 2 aromatic carbocycles. The fourth-order valence-corrected chi connectivity index (χ4v) is 3.53. The quantitative estimate of drug-likeness (QED) is 0.727. The number of benzene rings is 2. The van der Waals surface area contributed by atoms with Gasteiger partial charge in [-0.25, -0.2) is 13.1 Å². The van der Waals surface area contributed by atoms with E-state index in [1.807, 2.05) is 18.2 Å². The van der Waals surface area contributed by atoms with Crippen LogP contribution in [0.5, 0.6) is 0 Å². The minimum atomic E-state index is -3.76. The van der Waals surface area contributed by atoms with E-state index in [4.69, 9.17) is 16.0 Å². The zero-order valence-electron chi connectivity index (χ0n) is 12.9. The zero-order chi connectivity index (χ0) is 17.4. The molecule has 1 atom stereocenters. The molecule has 0 aliphatic rings. The summed E-state index contributed by atoms with van der Waals surface area (Å²) in [5.74, 6) is 0.294. The van der Waals surface area contributed by atoms with Crippen molar-refractivity contribution in [1.29, 1.82) is 0 Å². The number of halogens is 1. The molecule has 5 nitrogen and oxygen atoms in total. The molecule has 0 fully saturated rings. The van der Waals surface area contributed by atoms with Crippen molar-refractivity contribution in [2.75, 3.05) is 6.54 Å². The predicted octanol–water partition coefficient (Wildman–Crippen LogP) is 3.27. The van der Waals surface area contributed by atoms with Gasteiger partial charge in [0.15, 0.2) is 0 Å². The van der Waals surface area contributed by atoms with E-state index in [9.17, 15) is 13.5 Å². The SMILES string of the molecule is CC(O)(CNS(=O)(=O)c1ccc(Cl)cc1)c1cc2ccccc2o1. The molecule has 0 radical (unpaired) electrons. The number of furan rings is 1. The molecule has 2 N–H and O–H groups in total. The number of rotatable bonds is 5. The van der Waals surface area contributed by atoms with Crippen molar-refractivity contribution >= 4 is 32.6 Å². The highest BCUT2D eigenvalue weighted by atomic mass is 35.5. The molecular formula is C17H16ClNO4S. The minimum Gasteiger partial charge on any atom is -0.458 e. The molecule has 24 heavy (non-hydrogen) atoms. The third-order valence-corrected chi connectivity index (χ3v) is 5.36. The number of hydrogen-bond donors (Lipinski definition) is 2. The van der Waals surface area contributed by atoms with Crippen molar-refractivity contribution in [3.63, 3.8) is 0 Å². The van der Waals surface area contributed by atoms with Gasteiger partial charge in [0.25, 0.3) is 0 Å². The fraction of sp³-hybridized carbons (Fsp3) is 0.176. The summed E-state index contributed by atoms with van der Waals surface area (Å²) in [6.07, 6.45) is 0. The third kappa shape index (κ3) is 3.47. The molecule has 1 heterocycles. The van der Waals surface area contributed by atoms with E-state index in [2.05, 4.69) is 4.72 Å². The van der Waals surface area contributed by atoms with Crippen molar-refractivity contribution in [1.82, 2.24) is 4.72 Å². The van der Waals surface area contributed by atoms with Gasteiger partial charge in [-0.15, -0.1) is 0 Å².